The minimum absolute atomic E-state index is 0.122. The normalized spacial score (nSPS) is 11.0. The van der Waals surface area contributed by atoms with Crippen LogP contribution in [0.1, 0.15) is 67.7 Å². The number of benzene rings is 1. The van der Waals surface area contributed by atoms with Gasteiger partial charge in [-0.25, -0.2) is 14.4 Å². The fourth-order valence-electron chi connectivity index (χ4n) is 3.93. The maximum absolute atomic E-state index is 14.0. The minimum Gasteiger partial charge on any atom is -0.346 e. The quantitative estimate of drug-likeness (QED) is 0.164. The fourth-order valence-corrected chi connectivity index (χ4v) is 4.86. The van der Waals surface area contributed by atoms with Crippen LogP contribution < -0.4 is 5.56 Å². The highest BCUT2D eigenvalue weighted by Crippen LogP contribution is 2.23. The minimum atomic E-state index is -0.305. The molecule has 0 radical (unpaired) electrons. The lowest BCUT2D eigenvalue weighted by molar-refractivity contribution is -0.130. The van der Waals surface area contributed by atoms with Gasteiger partial charge in [0.25, 0.3) is 5.56 Å². The number of amides is 1. The summed E-state index contributed by atoms with van der Waals surface area (Å²) < 4.78 is 15.9. The van der Waals surface area contributed by atoms with Crippen molar-refractivity contribution in [2.24, 2.45) is 0 Å². The van der Waals surface area contributed by atoms with Crippen molar-refractivity contribution in [2.45, 2.75) is 76.2 Å². The van der Waals surface area contributed by atoms with Crippen LogP contribution in [0.5, 0.6) is 0 Å². The molecule has 0 aliphatic heterocycles. The van der Waals surface area contributed by atoms with Gasteiger partial charge in [-0.3, -0.25) is 9.59 Å². The van der Waals surface area contributed by atoms with Crippen molar-refractivity contribution < 1.29 is 9.18 Å². The number of halogens is 1. The molecule has 0 bridgehead atoms. The third-order valence-electron chi connectivity index (χ3n) is 6.20. The van der Waals surface area contributed by atoms with Crippen molar-refractivity contribution in [3.05, 3.63) is 81.5 Å². The summed E-state index contributed by atoms with van der Waals surface area (Å²) in [6, 6.07) is 5.15. The summed E-state index contributed by atoms with van der Waals surface area (Å²) in [6.45, 7) is 5.22. The largest absolute Gasteiger partial charge is 0.346 e. The topological polar surface area (TPSA) is 81.0 Å². The maximum Gasteiger partial charge on any atom is 0.277 e. The summed E-state index contributed by atoms with van der Waals surface area (Å²) in [5.74, 6) is 0.354. The van der Waals surface area contributed by atoms with Crippen LogP contribution >= 0.6 is 11.8 Å². The second-order valence-corrected chi connectivity index (χ2v) is 10.3. The number of hydrogen-bond acceptors (Lipinski definition) is 6. The first-order valence-electron chi connectivity index (χ1n) is 12.8. The average Bonchev–Trinajstić information content (AvgIpc) is 2.89. The lowest BCUT2D eigenvalue weighted by Crippen LogP contribution is -2.28. The Morgan fingerprint density at radius 2 is 1.89 bits per heavy atom. The van der Waals surface area contributed by atoms with Crippen LogP contribution in [-0.2, 0) is 23.5 Å². The van der Waals surface area contributed by atoms with Crippen molar-refractivity contribution in [3.63, 3.8) is 0 Å². The zero-order valence-electron chi connectivity index (χ0n) is 22.0. The summed E-state index contributed by atoms with van der Waals surface area (Å²) >= 11 is 1.39. The molecule has 0 saturated heterocycles. The standard InChI is InChI=1S/C28H36FN5O2S/c1-4-5-6-7-12-33(3)26(35)9-8-13-34-18-24(14-23-16-30-20-31-17-23)27(36)32-28(34)37-19-22-11-10-21(2)25(29)15-22/h10-11,15-18,20H,4-9,12-14,19H2,1-3H3. The number of thioether (sulfide) groups is 1. The van der Waals surface area contributed by atoms with Crippen molar-refractivity contribution in [2.75, 3.05) is 13.6 Å². The van der Waals surface area contributed by atoms with Crippen LogP contribution in [0.15, 0.2) is 53.1 Å². The Balaban J connectivity index is 1.70. The number of hydrogen-bond donors (Lipinski definition) is 0. The van der Waals surface area contributed by atoms with Gasteiger partial charge in [-0.15, -0.1) is 0 Å². The van der Waals surface area contributed by atoms with E-state index in [0.29, 0.717) is 47.8 Å². The number of aromatic nitrogens is 4. The molecule has 0 fully saturated rings. The van der Waals surface area contributed by atoms with Gasteiger partial charge < -0.3 is 9.47 Å². The van der Waals surface area contributed by atoms with Gasteiger partial charge in [-0.1, -0.05) is 50.1 Å². The van der Waals surface area contributed by atoms with Crippen LogP contribution in [0.4, 0.5) is 4.39 Å². The predicted octanol–water partition coefficient (Wildman–Crippen LogP) is 5.18. The van der Waals surface area contributed by atoms with E-state index in [0.717, 1.165) is 30.5 Å². The summed E-state index contributed by atoms with van der Waals surface area (Å²) in [4.78, 5) is 39.7. The van der Waals surface area contributed by atoms with Crippen molar-refractivity contribution in [1.29, 1.82) is 0 Å². The Hall–Kier alpha value is -3.07. The van der Waals surface area contributed by atoms with Gasteiger partial charge in [-0.2, -0.15) is 4.98 Å². The van der Waals surface area contributed by atoms with Gasteiger partial charge in [0.2, 0.25) is 5.91 Å². The third-order valence-corrected chi connectivity index (χ3v) is 7.27. The van der Waals surface area contributed by atoms with E-state index < -0.39 is 0 Å². The Bertz CT molecular complexity index is 1220. The van der Waals surface area contributed by atoms with Crippen molar-refractivity contribution in [3.8, 4) is 0 Å². The number of aryl methyl sites for hydroxylation is 2. The molecule has 7 nitrogen and oxygen atoms in total. The monoisotopic (exact) mass is 525 g/mol. The zero-order valence-corrected chi connectivity index (χ0v) is 22.8. The molecule has 3 rings (SSSR count). The van der Waals surface area contributed by atoms with E-state index in [4.69, 9.17) is 0 Å². The Kier molecular flexibility index (Phi) is 11.3. The zero-order chi connectivity index (χ0) is 26.6. The first kappa shape index (κ1) is 28.5. The van der Waals surface area contributed by atoms with Gasteiger partial charge in [-0.05, 0) is 42.5 Å². The molecule has 198 valence electrons. The van der Waals surface area contributed by atoms with E-state index in [9.17, 15) is 14.0 Å². The summed E-state index contributed by atoms with van der Waals surface area (Å²) in [5, 5.41) is 0.555. The second-order valence-electron chi connectivity index (χ2n) is 9.32. The van der Waals surface area contributed by atoms with Gasteiger partial charge in [0.1, 0.15) is 12.1 Å². The molecule has 3 aromatic rings. The van der Waals surface area contributed by atoms with E-state index in [1.165, 1.54) is 37.0 Å². The van der Waals surface area contributed by atoms with Crippen LogP contribution in [0.25, 0.3) is 0 Å². The molecule has 2 heterocycles. The first-order valence-corrected chi connectivity index (χ1v) is 13.8. The van der Waals surface area contributed by atoms with Crippen LogP contribution in [0, 0.1) is 12.7 Å². The summed E-state index contributed by atoms with van der Waals surface area (Å²) in [7, 11) is 1.86. The number of nitrogens with zero attached hydrogens (tertiary/aromatic N) is 5. The Labute approximate surface area is 222 Å². The average molecular weight is 526 g/mol. The van der Waals surface area contributed by atoms with Crippen LogP contribution in [0.2, 0.25) is 0 Å². The fraction of sp³-hybridized carbons (Fsp3) is 0.464. The van der Waals surface area contributed by atoms with Crippen molar-refractivity contribution in [1.82, 2.24) is 24.4 Å². The van der Waals surface area contributed by atoms with E-state index >= 15 is 0 Å². The molecule has 0 aliphatic rings. The number of carbonyl (C=O) groups is 1. The smallest absolute Gasteiger partial charge is 0.277 e. The van der Waals surface area contributed by atoms with Crippen LogP contribution in [-0.4, -0.2) is 43.9 Å². The molecule has 9 heteroatoms. The maximum atomic E-state index is 14.0. The third kappa shape index (κ3) is 9.07. The summed E-state index contributed by atoms with van der Waals surface area (Å²) in [5.41, 5.74) is 2.47. The predicted molar refractivity (Wildman–Crippen MR) is 145 cm³/mol. The lowest BCUT2D eigenvalue weighted by Gasteiger charge is -2.18. The van der Waals surface area contributed by atoms with Crippen molar-refractivity contribution >= 4 is 17.7 Å². The number of rotatable bonds is 14. The number of unbranched alkanes of at least 4 members (excludes halogenated alkanes) is 3. The molecule has 0 atom stereocenters. The van der Waals surface area contributed by atoms with Gasteiger partial charge in [0.15, 0.2) is 5.16 Å². The lowest BCUT2D eigenvalue weighted by atomic mass is 10.1. The van der Waals surface area contributed by atoms with E-state index in [1.54, 1.807) is 25.4 Å². The molecule has 1 aromatic carbocycles. The van der Waals surface area contributed by atoms with Crippen LogP contribution in [0.3, 0.4) is 0 Å². The van der Waals surface area contributed by atoms with Gasteiger partial charge >= 0.3 is 0 Å². The number of carbonyl (C=O) groups excluding carboxylic acids is 1. The highest BCUT2D eigenvalue weighted by Gasteiger charge is 2.13. The SMILES string of the molecule is CCCCCCN(C)C(=O)CCCn1cc(Cc2cncnc2)c(=O)nc1SCc1ccc(C)c(F)c1. The molecule has 0 unspecified atom stereocenters. The van der Waals surface area contributed by atoms with E-state index in [-0.39, 0.29) is 17.3 Å². The molecule has 0 aliphatic carbocycles. The van der Waals surface area contributed by atoms with Gasteiger partial charge in [0, 0.05) is 62.9 Å². The Morgan fingerprint density at radius 3 is 2.62 bits per heavy atom. The van der Waals surface area contributed by atoms with Gasteiger partial charge in [0.05, 0.1) is 0 Å². The second kappa shape index (κ2) is 14.6. The molecule has 0 spiro atoms. The molecule has 37 heavy (non-hydrogen) atoms. The molecule has 2 aromatic heterocycles. The Morgan fingerprint density at radius 1 is 1.11 bits per heavy atom. The first-order chi connectivity index (χ1) is 17.9. The molecule has 0 N–H and O–H groups in total. The molecular formula is C28H36FN5O2S. The summed E-state index contributed by atoms with van der Waals surface area (Å²) in [6.07, 6.45) is 12.6. The molecule has 0 saturated carbocycles. The highest BCUT2D eigenvalue weighted by atomic mass is 32.2. The van der Waals surface area contributed by atoms with E-state index in [2.05, 4.69) is 21.9 Å². The molecular weight excluding hydrogens is 489 g/mol. The van der Waals surface area contributed by atoms with E-state index in [1.807, 2.05) is 28.8 Å². The highest BCUT2D eigenvalue weighted by molar-refractivity contribution is 7.98. The molecule has 1 amide bonds.